The summed E-state index contributed by atoms with van der Waals surface area (Å²) in [6, 6.07) is 89.4. The molecule has 0 radical (unpaired) electrons. The molecule has 0 amide bonds. The zero-order valence-corrected chi connectivity index (χ0v) is 37.5. The van der Waals surface area contributed by atoms with Gasteiger partial charge in [-0.15, -0.1) is 0 Å². The largest absolute Gasteiger partial charge is 0.238 e. The molecular formula is C65H42N4. The van der Waals surface area contributed by atoms with E-state index in [4.69, 9.17) is 21.5 Å². The number of hydrogen-bond acceptors (Lipinski definition) is 3. The highest BCUT2D eigenvalue weighted by Crippen LogP contribution is 2.57. The molecule has 0 saturated carbocycles. The van der Waals surface area contributed by atoms with Gasteiger partial charge in [0, 0.05) is 16.7 Å². The molecular weight excluding hydrogens is 837 g/mol. The highest BCUT2D eigenvalue weighted by atomic mass is 15.0. The zero-order chi connectivity index (χ0) is 46.2. The van der Waals surface area contributed by atoms with Crippen LogP contribution in [0.25, 0.3) is 94.6 Å². The number of hydrogen-bond donors (Lipinski definition) is 0. The Morgan fingerprint density at radius 1 is 0.275 bits per heavy atom. The van der Waals surface area contributed by atoms with Gasteiger partial charge in [0.2, 0.25) is 0 Å². The van der Waals surface area contributed by atoms with Crippen LogP contribution < -0.4 is 0 Å². The molecule has 0 bridgehead atoms. The van der Waals surface area contributed by atoms with Crippen LogP contribution >= 0.6 is 0 Å². The monoisotopic (exact) mass is 878 g/mol. The van der Waals surface area contributed by atoms with Gasteiger partial charge in [0.1, 0.15) is 0 Å². The topological polar surface area (TPSA) is 43.0 Å². The summed E-state index contributed by atoms with van der Waals surface area (Å²) in [5, 5.41) is 0. The van der Waals surface area contributed by atoms with E-state index in [1.54, 1.807) is 0 Å². The van der Waals surface area contributed by atoms with Crippen molar-refractivity contribution >= 4 is 5.69 Å². The van der Waals surface area contributed by atoms with Crippen molar-refractivity contribution < 1.29 is 0 Å². The van der Waals surface area contributed by atoms with E-state index < -0.39 is 5.41 Å². The highest BCUT2D eigenvalue weighted by molar-refractivity contribution is 5.90. The Bertz CT molecular complexity index is 3520. The van der Waals surface area contributed by atoms with Gasteiger partial charge in [-0.1, -0.05) is 249 Å². The standard InChI is InChI=1S/C65H42N4/c1-66-57-39-40-58-59-42-54(38-41-60(59)65(61(58)43-57,55-18-10-4-11-19-55)56-20-12-5-13-21-56)50-24-22-48(23-25-50)49-30-36-53(37-31-49)64-68-62(51-32-26-46(27-33-51)44-14-6-2-7-15-44)67-63(69-64)52-34-28-47(29-35-52)45-16-8-3-9-17-45/h2-43H. The minimum absolute atomic E-state index is 0.560. The van der Waals surface area contributed by atoms with Crippen LogP contribution in [0.15, 0.2) is 255 Å². The molecule has 0 saturated heterocycles. The minimum Gasteiger partial charge on any atom is -0.238 e. The molecule has 4 heteroatoms. The fourth-order valence-corrected chi connectivity index (χ4v) is 10.0. The Morgan fingerprint density at radius 3 is 1.00 bits per heavy atom. The van der Waals surface area contributed by atoms with E-state index in [1.807, 2.05) is 18.2 Å². The van der Waals surface area contributed by atoms with Crippen molar-refractivity contribution in [2.45, 2.75) is 5.41 Å². The zero-order valence-electron chi connectivity index (χ0n) is 37.5. The molecule has 1 aliphatic rings. The molecule has 1 aliphatic carbocycles. The first kappa shape index (κ1) is 41.2. The SMILES string of the molecule is [C-]#[N+]c1ccc2c(c1)C(c1ccccc1)(c1ccccc1)c1ccc(-c3ccc(-c4ccc(-c5nc(-c6ccc(-c7ccccc7)cc6)nc(-c6ccc(-c7ccccc7)cc6)n5)cc4)cc3)cc1-2. The Kier molecular flexibility index (Phi) is 10.4. The van der Waals surface area contributed by atoms with Crippen LogP contribution in [0.4, 0.5) is 5.69 Å². The molecule has 0 atom stereocenters. The van der Waals surface area contributed by atoms with Crippen molar-refractivity contribution in [3.05, 3.63) is 288 Å². The summed E-state index contributed by atoms with van der Waals surface area (Å²) < 4.78 is 0. The maximum Gasteiger partial charge on any atom is 0.187 e. The second kappa shape index (κ2) is 17.5. The Morgan fingerprint density at radius 2 is 0.609 bits per heavy atom. The molecule has 0 spiro atoms. The average Bonchev–Trinajstić information content (AvgIpc) is 3.73. The Labute approximate surface area is 402 Å². The minimum atomic E-state index is -0.560. The number of benzene rings is 10. The Balaban J connectivity index is 0.870. The summed E-state index contributed by atoms with van der Waals surface area (Å²) >= 11 is 0. The molecule has 0 N–H and O–H groups in total. The molecule has 0 aliphatic heterocycles. The van der Waals surface area contributed by atoms with Gasteiger partial charge in [-0.25, -0.2) is 19.8 Å². The summed E-state index contributed by atoms with van der Waals surface area (Å²) in [5.74, 6) is 1.86. The first-order chi connectivity index (χ1) is 34.1. The van der Waals surface area contributed by atoms with E-state index in [9.17, 15) is 0 Å². The predicted molar refractivity (Wildman–Crippen MR) is 281 cm³/mol. The van der Waals surface area contributed by atoms with Crippen molar-refractivity contribution in [2.75, 3.05) is 0 Å². The summed E-state index contributed by atoms with van der Waals surface area (Å²) in [4.78, 5) is 19.1. The van der Waals surface area contributed by atoms with Crippen LogP contribution in [0.1, 0.15) is 22.3 Å². The lowest BCUT2D eigenvalue weighted by Crippen LogP contribution is -2.28. The van der Waals surface area contributed by atoms with Gasteiger partial charge in [0.05, 0.1) is 12.0 Å². The highest BCUT2D eigenvalue weighted by Gasteiger charge is 2.46. The smallest absolute Gasteiger partial charge is 0.187 e. The maximum atomic E-state index is 7.93. The lowest BCUT2D eigenvalue weighted by Gasteiger charge is -2.34. The molecule has 69 heavy (non-hydrogen) atoms. The van der Waals surface area contributed by atoms with E-state index >= 15 is 0 Å². The fraction of sp³-hybridized carbons (Fsp3) is 0.0154. The first-order valence-electron chi connectivity index (χ1n) is 23.2. The molecule has 0 unspecified atom stereocenters. The molecule has 10 aromatic carbocycles. The van der Waals surface area contributed by atoms with Crippen molar-refractivity contribution in [3.63, 3.8) is 0 Å². The number of fused-ring (bicyclic) bond motifs is 3. The van der Waals surface area contributed by atoms with Gasteiger partial charge in [0.25, 0.3) is 0 Å². The summed E-state index contributed by atoms with van der Waals surface area (Å²) in [5.41, 5.74) is 19.0. The fourth-order valence-electron chi connectivity index (χ4n) is 10.0. The molecule has 1 aromatic heterocycles. The van der Waals surface area contributed by atoms with Crippen molar-refractivity contribution in [1.82, 2.24) is 15.0 Å². The second-order valence-electron chi connectivity index (χ2n) is 17.4. The van der Waals surface area contributed by atoms with E-state index in [1.165, 1.54) is 22.3 Å². The van der Waals surface area contributed by atoms with E-state index in [-0.39, 0.29) is 0 Å². The molecule has 4 nitrogen and oxygen atoms in total. The lowest BCUT2D eigenvalue weighted by atomic mass is 9.67. The molecule has 322 valence electrons. The first-order valence-corrected chi connectivity index (χ1v) is 23.2. The van der Waals surface area contributed by atoms with E-state index in [2.05, 4.69) is 241 Å². The van der Waals surface area contributed by atoms with Crippen molar-refractivity contribution in [3.8, 4) is 89.8 Å². The van der Waals surface area contributed by atoms with Gasteiger partial charge >= 0.3 is 0 Å². The number of nitrogens with zero attached hydrogens (tertiary/aromatic N) is 4. The van der Waals surface area contributed by atoms with Gasteiger partial charge in [-0.3, -0.25) is 0 Å². The third-order valence-electron chi connectivity index (χ3n) is 13.5. The van der Waals surface area contributed by atoms with E-state index in [0.29, 0.717) is 23.2 Å². The van der Waals surface area contributed by atoms with E-state index in [0.717, 1.165) is 72.3 Å². The molecule has 0 fully saturated rings. The van der Waals surface area contributed by atoms with Crippen LogP contribution in [0, 0.1) is 6.57 Å². The second-order valence-corrected chi connectivity index (χ2v) is 17.4. The van der Waals surface area contributed by atoms with Crippen LogP contribution in [0.5, 0.6) is 0 Å². The van der Waals surface area contributed by atoms with Crippen LogP contribution in [-0.2, 0) is 5.41 Å². The molecule has 11 aromatic rings. The normalized spacial score (nSPS) is 12.2. The summed E-state index contributed by atoms with van der Waals surface area (Å²) in [6.07, 6.45) is 0. The predicted octanol–water partition coefficient (Wildman–Crippen LogP) is 16.5. The summed E-state index contributed by atoms with van der Waals surface area (Å²) in [7, 11) is 0. The van der Waals surface area contributed by atoms with Crippen LogP contribution in [-0.4, -0.2) is 15.0 Å². The molecule has 1 heterocycles. The van der Waals surface area contributed by atoms with Gasteiger partial charge in [0.15, 0.2) is 23.2 Å². The van der Waals surface area contributed by atoms with Crippen molar-refractivity contribution in [2.24, 2.45) is 0 Å². The van der Waals surface area contributed by atoms with Crippen molar-refractivity contribution in [1.29, 1.82) is 0 Å². The summed E-state index contributed by atoms with van der Waals surface area (Å²) in [6.45, 7) is 7.93. The van der Waals surface area contributed by atoms with Crippen LogP contribution in [0.2, 0.25) is 0 Å². The van der Waals surface area contributed by atoms with Crippen LogP contribution in [0.3, 0.4) is 0 Å². The third kappa shape index (κ3) is 7.49. The van der Waals surface area contributed by atoms with Gasteiger partial charge in [-0.2, -0.15) is 0 Å². The van der Waals surface area contributed by atoms with Gasteiger partial charge < -0.3 is 0 Å². The third-order valence-corrected chi connectivity index (χ3v) is 13.5. The van der Waals surface area contributed by atoms with Gasteiger partial charge in [-0.05, 0) is 84.0 Å². The number of aromatic nitrogens is 3. The average molecular weight is 879 g/mol. The maximum absolute atomic E-state index is 7.93. The quantitative estimate of drug-likeness (QED) is 0.136. The molecule has 12 rings (SSSR count). The Hall–Kier alpha value is -9.30. The lowest BCUT2D eigenvalue weighted by molar-refractivity contribution is 0.769. The number of rotatable bonds is 9.